The molecule has 7 heteroatoms. The molecule has 0 fully saturated rings. The van der Waals surface area contributed by atoms with Gasteiger partial charge in [-0.05, 0) is 22.9 Å². The Hall–Kier alpha value is -1.05. The summed E-state index contributed by atoms with van der Waals surface area (Å²) in [6.07, 6.45) is 0.628. The maximum Gasteiger partial charge on any atom is 0.144 e. The van der Waals surface area contributed by atoms with Gasteiger partial charge in [0.15, 0.2) is 0 Å². The molecule has 102 valence electrons. The van der Waals surface area contributed by atoms with Gasteiger partial charge in [-0.1, -0.05) is 0 Å². The SMILES string of the molecule is CNc1nc(Cc2csc(C)n2)nc(COC)c1Br. The van der Waals surface area contributed by atoms with Crippen LogP contribution in [0.4, 0.5) is 5.82 Å². The van der Waals surface area contributed by atoms with Crippen LogP contribution in [0.25, 0.3) is 0 Å². The first-order chi connectivity index (χ1) is 9.13. The highest BCUT2D eigenvalue weighted by Crippen LogP contribution is 2.24. The average Bonchev–Trinajstić information content (AvgIpc) is 2.79. The second-order valence-corrected chi connectivity index (χ2v) is 5.82. The first-order valence-electron chi connectivity index (χ1n) is 5.77. The predicted molar refractivity (Wildman–Crippen MR) is 79.6 cm³/mol. The van der Waals surface area contributed by atoms with Crippen molar-refractivity contribution in [1.29, 1.82) is 0 Å². The minimum absolute atomic E-state index is 0.445. The third-order valence-corrected chi connectivity index (χ3v) is 4.15. The number of anilines is 1. The van der Waals surface area contributed by atoms with Gasteiger partial charge in [0.1, 0.15) is 11.6 Å². The molecule has 2 aromatic rings. The number of nitrogens with one attached hydrogen (secondary N) is 1. The number of halogens is 1. The molecule has 0 bridgehead atoms. The van der Waals surface area contributed by atoms with E-state index in [1.54, 1.807) is 18.4 Å². The topological polar surface area (TPSA) is 59.9 Å². The number of hydrogen-bond donors (Lipinski definition) is 1. The summed E-state index contributed by atoms with van der Waals surface area (Å²) in [5, 5.41) is 6.15. The van der Waals surface area contributed by atoms with Crippen LogP contribution in [0, 0.1) is 6.92 Å². The number of ether oxygens (including phenoxy) is 1. The molecule has 19 heavy (non-hydrogen) atoms. The van der Waals surface area contributed by atoms with Crippen molar-refractivity contribution >= 4 is 33.1 Å². The number of nitrogens with zero attached hydrogens (tertiary/aromatic N) is 3. The molecule has 0 saturated carbocycles. The molecule has 2 aromatic heterocycles. The molecule has 0 spiro atoms. The number of thiazole rings is 1. The van der Waals surface area contributed by atoms with Gasteiger partial charge in [0, 0.05) is 19.5 Å². The van der Waals surface area contributed by atoms with Gasteiger partial charge in [-0.2, -0.15) is 0 Å². The molecule has 2 heterocycles. The van der Waals surface area contributed by atoms with Gasteiger partial charge in [0.2, 0.25) is 0 Å². The zero-order chi connectivity index (χ0) is 13.8. The predicted octanol–water partition coefficient (Wildman–Crippen LogP) is 2.78. The minimum atomic E-state index is 0.445. The molecule has 0 radical (unpaired) electrons. The molecule has 0 aromatic carbocycles. The molecule has 5 nitrogen and oxygen atoms in total. The van der Waals surface area contributed by atoms with Gasteiger partial charge in [0.05, 0.1) is 33.9 Å². The lowest BCUT2D eigenvalue weighted by Gasteiger charge is -2.10. The van der Waals surface area contributed by atoms with Crippen molar-refractivity contribution in [1.82, 2.24) is 15.0 Å². The van der Waals surface area contributed by atoms with Crippen molar-refractivity contribution in [3.05, 3.63) is 32.1 Å². The maximum absolute atomic E-state index is 5.16. The van der Waals surface area contributed by atoms with E-state index in [1.165, 1.54) is 0 Å². The summed E-state index contributed by atoms with van der Waals surface area (Å²) in [7, 11) is 3.48. The summed E-state index contributed by atoms with van der Waals surface area (Å²) in [5.41, 5.74) is 1.83. The van der Waals surface area contributed by atoms with Crippen LogP contribution >= 0.6 is 27.3 Å². The van der Waals surface area contributed by atoms with Gasteiger partial charge >= 0.3 is 0 Å². The Kier molecular flexibility index (Phi) is 4.84. The Bertz CT molecular complexity index is 573. The van der Waals surface area contributed by atoms with Crippen molar-refractivity contribution in [2.75, 3.05) is 19.5 Å². The van der Waals surface area contributed by atoms with Crippen LogP contribution in [0.1, 0.15) is 22.2 Å². The molecule has 0 atom stereocenters. The van der Waals surface area contributed by atoms with Crippen LogP contribution in [0.5, 0.6) is 0 Å². The summed E-state index contributed by atoms with van der Waals surface area (Å²) in [6.45, 7) is 2.44. The van der Waals surface area contributed by atoms with Gasteiger partial charge < -0.3 is 10.1 Å². The fraction of sp³-hybridized carbons (Fsp3) is 0.417. The van der Waals surface area contributed by atoms with E-state index in [0.29, 0.717) is 13.0 Å². The quantitative estimate of drug-likeness (QED) is 0.905. The fourth-order valence-corrected chi connectivity index (χ4v) is 2.78. The number of aromatic nitrogens is 3. The largest absolute Gasteiger partial charge is 0.378 e. The van der Waals surface area contributed by atoms with E-state index in [1.807, 2.05) is 19.4 Å². The van der Waals surface area contributed by atoms with Gasteiger partial charge in [-0.25, -0.2) is 15.0 Å². The highest BCUT2D eigenvalue weighted by Gasteiger charge is 2.12. The van der Waals surface area contributed by atoms with Gasteiger partial charge in [0.25, 0.3) is 0 Å². The Labute approximate surface area is 124 Å². The van der Waals surface area contributed by atoms with E-state index >= 15 is 0 Å². The van der Waals surface area contributed by atoms with Gasteiger partial charge in [-0.3, -0.25) is 0 Å². The number of hydrogen-bond acceptors (Lipinski definition) is 6. The summed E-state index contributed by atoms with van der Waals surface area (Å²) in [6, 6.07) is 0. The molecule has 0 aliphatic rings. The number of methoxy groups -OCH3 is 1. The summed E-state index contributed by atoms with van der Waals surface area (Å²) >= 11 is 5.12. The Morgan fingerprint density at radius 1 is 1.37 bits per heavy atom. The van der Waals surface area contributed by atoms with Crippen LogP contribution in [0.2, 0.25) is 0 Å². The lowest BCUT2D eigenvalue weighted by Crippen LogP contribution is -2.07. The summed E-state index contributed by atoms with van der Waals surface area (Å²) in [5.74, 6) is 1.51. The van der Waals surface area contributed by atoms with E-state index in [9.17, 15) is 0 Å². The van der Waals surface area contributed by atoms with Crippen LogP contribution in [0.15, 0.2) is 9.85 Å². The molecule has 0 amide bonds. The van der Waals surface area contributed by atoms with Gasteiger partial charge in [-0.15, -0.1) is 11.3 Å². The van der Waals surface area contributed by atoms with Crippen molar-refractivity contribution in [2.24, 2.45) is 0 Å². The summed E-state index contributed by atoms with van der Waals surface area (Å²) in [4.78, 5) is 13.4. The van der Waals surface area contributed by atoms with E-state index in [0.717, 1.165) is 32.5 Å². The molecule has 0 unspecified atom stereocenters. The number of aryl methyl sites for hydroxylation is 1. The van der Waals surface area contributed by atoms with Crippen LogP contribution in [-0.2, 0) is 17.8 Å². The molecule has 0 aliphatic heterocycles. The third-order valence-electron chi connectivity index (χ3n) is 2.49. The van der Waals surface area contributed by atoms with E-state index < -0.39 is 0 Å². The van der Waals surface area contributed by atoms with Crippen LogP contribution in [-0.4, -0.2) is 29.1 Å². The highest BCUT2D eigenvalue weighted by atomic mass is 79.9. The third kappa shape index (κ3) is 3.49. The Morgan fingerprint density at radius 2 is 2.16 bits per heavy atom. The lowest BCUT2D eigenvalue weighted by atomic mass is 10.3. The van der Waals surface area contributed by atoms with Crippen molar-refractivity contribution in [3.8, 4) is 0 Å². The van der Waals surface area contributed by atoms with Crippen LogP contribution < -0.4 is 5.32 Å². The minimum Gasteiger partial charge on any atom is -0.378 e. The molecule has 0 aliphatic carbocycles. The van der Waals surface area contributed by atoms with E-state index in [-0.39, 0.29) is 0 Å². The fourth-order valence-electron chi connectivity index (χ4n) is 1.67. The first-order valence-corrected chi connectivity index (χ1v) is 7.44. The average molecular weight is 343 g/mol. The first kappa shape index (κ1) is 14.4. The highest BCUT2D eigenvalue weighted by molar-refractivity contribution is 9.10. The standard InChI is InChI=1S/C12H15BrN4OS/c1-7-15-8(6-19-7)4-10-16-9(5-18-3)11(13)12(14-2)17-10/h6H,4-5H2,1-3H3,(H,14,16,17). The molecule has 2 rings (SSSR count). The monoisotopic (exact) mass is 342 g/mol. The smallest absolute Gasteiger partial charge is 0.144 e. The second-order valence-electron chi connectivity index (χ2n) is 3.97. The lowest BCUT2D eigenvalue weighted by molar-refractivity contribution is 0.180. The molecular formula is C12H15BrN4OS. The summed E-state index contributed by atoms with van der Waals surface area (Å²) < 4.78 is 6.00. The number of rotatable bonds is 5. The van der Waals surface area contributed by atoms with E-state index in [4.69, 9.17) is 4.74 Å². The van der Waals surface area contributed by atoms with Crippen LogP contribution in [0.3, 0.4) is 0 Å². The van der Waals surface area contributed by atoms with Crippen molar-refractivity contribution in [2.45, 2.75) is 20.0 Å². The normalized spacial score (nSPS) is 10.7. The Balaban J connectivity index is 2.31. The Morgan fingerprint density at radius 3 is 2.74 bits per heavy atom. The zero-order valence-electron chi connectivity index (χ0n) is 11.0. The van der Waals surface area contributed by atoms with Crippen molar-refractivity contribution in [3.63, 3.8) is 0 Å². The molecule has 0 saturated heterocycles. The second kappa shape index (κ2) is 6.40. The zero-order valence-corrected chi connectivity index (χ0v) is 13.4. The maximum atomic E-state index is 5.16. The molecule has 1 N–H and O–H groups in total. The van der Waals surface area contributed by atoms with E-state index in [2.05, 4.69) is 36.2 Å². The van der Waals surface area contributed by atoms with Crippen molar-refractivity contribution < 1.29 is 4.74 Å². The molecular weight excluding hydrogens is 328 g/mol.